The molecular formula is C15H19Cl2N3O. The summed E-state index contributed by atoms with van der Waals surface area (Å²) in [6, 6.07) is 5.54. The highest BCUT2D eigenvalue weighted by Crippen LogP contribution is 2.33. The summed E-state index contributed by atoms with van der Waals surface area (Å²) in [7, 11) is 0. The molecule has 1 aromatic heterocycles. The molecule has 0 aliphatic heterocycles. The van der Waals surface area contributed by atoms with Gasteiger partial charge >= 0.3 is 0 Å². The van der Waals surface area contributed by atoms with Crippen LogP contribution in [0.5, 0.6) is 5.75 Å². The van der Waals surface area contributed by atoms with Crippen molar-refractivity contribution in [2.75, 3.05) is 6.54 Å². The van der Waals surface area contributed by atoms with E-state index in [1.54, 1.807) is 6.07 Å². The van der Waals surface area contributed by atoms with E-state index in [-0.39, 0.29) is 0 Å². The van der Waals surface area contributed by atoms with Crippen LogP contribution in [0.15, 0.2) is 18.2 Å². The molecule has 0 unspecified atom stereocenters. The Balaban J connectivity index is 2.22. The van der Waals surface area contributed by atoms with Gasteiger partial charge in [-0.1, -0.05) is 23.2 Å². The molecule has 0 aliphatic carbocycles. The quantitative estimate of drug-likeness (QED) is 0.881. The smallest absolute Gasteiger partial charge is 0.141 e. The third-order valence-corrected chi connectivity index (χ3v) is 3.65. The maximum Gasteiger partial charge on any atom is 0.141 e. The number of halogens is 2. The number of aryl methyl sites for hydroxylation is 2. The maximum absolute atomic E-state index is 6.24. The van der Waals surface area contributed by atoms with Crippen molar-refractivity contribution in [3.63, 3.8) is 0 Å². The lowest BCUT2D eigenvalue weighted by molar-refractivity contribution is 0.290. The Morgan fingerprint density at radius 3 is 2.71 bits per heavy atom. The van der Waals surface area contributed by atoms with E-state index in [2.05, 4.69) is 5.10 Å². The van der Waals surface area contributed by atoms with E-state index >= 15 is 0 Å². The predicted octanol–water partition coefficient (Wildman–Crippen LogP) is 3.60. The average molecular weight is 328 g/mol. The summed E-state index contributed by atoms with van der Waals surface area (Å²) in [5.74, 6) is 0.646. The van der Waals surface area contributed by atoms with Crippen LogP contribution in [0.4, 0.5) is 0 Å². The maximum atomic E-state index is 6.24. The highest BCUT2D eigenvalue weighted by molar-refractivity contribution is 6.35. The Morgan fingerprint density at radius 1 is 1.29 bits per heavy atom. The fourth-order valence-electron chi connectivity index (χ4n) is 2.25. The Labute approximate surface area is 134 Å². The first kappa shape index (κ1) is 16.1. The van der Waals surface area contributed by atoms with Gasteiger partial charge in [0.15, 0.2) is 0 Å². The van der Waals surface area contributed by atoms with Crippen molar-refractivity contribution < 1.29 is 4.74 Å². The molecule has 0 saturated heterocycles. The molecular weight excluding hydrogens is 309 g/mol. The highest BCUT2D eigenvalue weighted by Gasteiger charge is 2.12. The van der Waals surface area contributed by atoms with Crippen LogP contribution >= 0.6 is 23.2 Å². The minimum absolute atomic E-state index is 0.410. The highest BCUT2D eigenvalue weighted by atomic mass is 35.5. The number of hydrogen-bond donors (Lipinski definition) is 1. The van der Waals surface area contributed by atoms with Crippen molar-refractivity contribution in [2.45, 2.75) is 33.4 Å². The van der Waals surface area contributed by atoms with Crippen molar-refractivity contribution in [3.05, 3.63) is 45.2 Å². The van der Waals surface area contributed by atoms with Gasteiger partial charge in [0, 0.05) is 11.6 Å². The van der Waals surface area contributed by atoms with Crippen LogP contribution in [-0.4, -0.2) is 16.3 Å². The minimum Gasteiger partial charge on any atom is -0.485 e. The fraction of sp³-hybridized carbons (Fsp3) is 0.400. The molecule has 114 valence electrons. The molecule has 0 fully saturated rings. The molecule has 0 atom stereocenters. The van der Waals surface area contributed by atoms with E-state index in [0.29, 0.717) is 35.4 Å². The third-order valence-electron chi connectivity index (χ3n) is 3.15. The summed E-state index contributed by atoms with van der Waals surface area (Å²) in [4.78, 5) is 0. The molecule has 2 rings (SSSR count). The largest absolute Gasteiger partial charge is 0.485 e. The van der Waals surface area contributed by atoms with Gasteiger partial charge in [0.25, 0.3) is 0 Å². The van der Waals surface area contributed by atoms with E-state index in [1.807, 2.05) is 30.7 Å². The standard InChI is InChI=1S/C15H19Cl2N3O/c1-3-20-13(6-10(2)19-20)9-21-15-11(4-5-18)7-12(16)8-14(15)17/h6-8H,3-5,9,18H2,1-2H3. The third kappa shape index (κ3) is 3.90. The fourth-order valence-corrected chi connectivity index (χ4v) is 2.84. The summed E-state index contributed by atoms with van der Waals surface area (Å²) in [6.07, 6.45) is 0.668. The Hall–Kier alpha value is -1.23. The number of nitrogens with zero attached hydrogens (tertiary/aromatic N) is 2. The first-order valence-corrected chi connectivity index (χ1v) is 7.64. The molecule has 4 nitrogen and oxygen atoms in total. The van der Waals surface area contributed by atoms with Crippen molar-refractivity contribution in [2.24, 2.45) is 5.73 Å². The molecule has 0 saturated carbocycles. The lowest BCUT2D eigenvalue weighted by Gasteiger charge is -2.14. The van der Waals surface area contributed by atoms with Crippen molar-refractivity contribution in [3.8, 4) is 5.75 Å². The van der Waals surface area contributed by atoms with Crippen LogP contribution in [0.3, 0.4) is 0 Å². The molecule has 2 N–H and O–H groups in total. The number of rotatable bonds is 6. The molecule has 6 heteroatoms. The second-order valence-corrected chi connectivity index (χ2v) is 5.64. The predicted molar refractivity (Wildman–Crippen MR) is 86.2 cm³/mol. The van der Waals surface area contributed by atoms with Gasteiger partial charge < -0.3 is 10.5 Å². The summed E-state index contributed by atoms with van der Waals surface area (Å²) in [6.45, 7) is 5.74. The Morgan fingerprint density at radius 2 is 2.05 bits per heavy atom. The summed E-state index contributed by atoms with van der Waals surface area (Å²) < 4.78 is 7.83. The number of ether oxygens (including phenoxy) is 1. The van der Waals surface area contributed by atoms with Crippen LogP contribution in [-0.2, 0) is 19.6 Å². The van der Waals surface area contributed by atoms with Gasteiger partial charge in [-0.3, -0.25) is 4.68 Å². The molecule has 2 aromatic rings. The second kappa shape index (κ2) is 7.16. The summed E-state index contributed by atoms with van der Waals surface area (Å²) >= 11 is 12.3. The zero-order valence-electron chi connectivity index (χ0n) is 12.2. The van der Waals surface area contributed by atoms with Gasteiger partial charge in [-0.2, -0.15) is 5.10 Å². The van der Waals surface area contributed by atoms with E-state index in [4.69, 9.17) is 33.7 Å². The molecule has 0 aliphatic rings. The zero-order chi connectivity index (χ0) is 15.4. The first-order valence-electron chi connectivity index (χ1n) is 6.89. The lowest BCUT2D eigenvalue weighted by Crippen LogP contribution is -2.09. The van der Waals surface area contributed by atoms with Gasteiger partial charge in [-0.15, -0.1) is 0 Å². The lowest BCUT2D eigenvalue weighted by atomic mass is 10.1. The van der Waals surface area contributed by atoms with Crippen LogP contribution in [0.2, 0.25) is 10.0 Å². The molecule has 1 heterocycles. The van der Waals surface area contributed by atoms with Gasteiger partial charge in [-0.05, 0) is 50.6 Å². The molecule has 0 bridgehead atoms. The topological polar surface area (TPSA) is 53.1 Å². The molecule has 21 heavy (non-hydrogen) atoms. The number of hydrogen-bond acceptors (Lipinski definition) is 3. The van der Waals surface area contributed by atoms with Gasteiger partial charge in [0.05, 0.1) is 16.4 Å². The van der Waals surface area contributed by atoms with Gasteiger partial charge in [-0.25, -0.2) is 0 Å². The average Bonchev–Trinajstić information content (AvgIpc) is 2.78. The van der Waals surface area contributed by atoms with E-state index < -0.39 is 0 Å². The van der Waals surface area contributed by atoms with Crippen molar-refractivity contribution in [1.82, 2.24) is 9.78 Å². The summed E-state index contributed by atoms with van der Waals surface area (Å²) in [5, 5.41) is 5.49. The number of nitrogens with two attached hydrogens (primary N) is 1. The first-order chi connectivity index (χ1) is 10.0. The van der Waals surface area contributed by atoms with Crippen LogP contribution < -0.4 is 10.5 Å². The molecule has 0 amide bonds. The zero-order valence-corrected chi connectivity index (χ0v) is 13.7. The molecule has 0 spiro atoms. The van der Waals surface area contributed by atoms with Crippen LogP contribution in [0, 0.1) is 6.92 Å². The SMILES string of the molecule is CCn1nc(C)cc1COc1c(Cl)cc(Cl)cc1CCN. The normalized spacial score (nSPS) is 10.9. The van der Waals surface area contributed by atoms with E-state index in [1.165, 1.54) is 0 Å². The Bertz CT molecular complexity index is 626. The Kier molecular flexibility index (Phi) is 5.51. The number of aromatic nitrogens is 2. The number of benzene rings is 1. The molecule has 0 radical (unpaired) electrons. The van der Waals surface area contributed by atoms with Gasteiger partial charge in [0.1, 0.15) is 12.4 Å². The molecule has 1 aromatic carbocycles. The second-order valence-electron chi connectivity index (χ2n) is 4.80. The summed E-state index contributed by atoms with van der Waals surface area (Å²) in [5.41, 5.74) is 8.54. The van der Waals surface area contributed by atoms with Crippen molar-refractivity contribution >= 4 is 23.2 Å². The van der Waals surface area contributed by atoms with Crippen LogP contribution in [0.25, 0.3) is 0 Å². The van der Waals surface area contributed by atoms with E-state index in [9.17, 15) is 0 Å². The van der Waals surface area contributed by atoms with Gasteiger partial charge in [0.2, 0.25) is 0 Å². The monoisotopic (exact) mass is 327 g/mol. The van der Waals surface area contributed by atoms with E-state index in [0.717, 1.165) is 23.5 Å². The minimum atomic E-state index is 0.410. The van der Waals surface area contributed by atoms with Crippen molar-refractivity contribution in [1.29, 1.82) is 0 Å². The van der Waals surface area contributed by atoms with Crippen LogP contribution in [0.1, 0.15) is 23.9 Å².